The molecule has 3 aromatic carbocycles. The van der Waals surface area contributed by atoms with E-state index in [1.165, 1.54) is 31.0 Å². The van der Waals surface area contributed by atoms with Gasteiger partial charge in [-0.25, -0.2) is 0 Å². The summed E-state index contributed by atoms with van der Waals surface area (Å²) in [5.74, 6) is 1.03. The van der Waals surface area contributed by atoms with Crippen LogP contribution >= 0.6 is 15.9 Å². The van der Waals surface area contributed by atoms with Gasteiger partial charge in [-0.2, -0.15) is 0 Å². The molecule has 1 N–H and O–H groups in total. The zero-order valence-electron chi connectivity index (χ0n) is 19.3. The molecule has 0 aliphatic carbocycles. The van der Waals surface area contributed by atoms with Gasteiger partial charge in [-0.3, -0.25) is 4.79 Å². The zero-order chi connectivity index (χ0) is 23.8. The van der Waals surface area contributed by atoms with Crippen molar-refractivity contribution in [2.24, 2.45) is 0 Å². The van der Waals surface area contributed by atoms with Gasteiger partial charge < -0.3 is 19.7 Å². The van der Waals surface area contributed by atoms with Crippen molar-refractivity contribution in [2.75, 3.05) is 30.4 Å². The first kappa shape index (κ1) is 23.9. The summed E-state index contributed by atoms with van der Waals surface area (Å²) in [5.41, 5.74) is 3.88. The van der Waals surface area contributed by atoms with Crippen LogP contribution in [0.3, 0.4) is 0 Å². The molecule has 0 radical (unpaired) electrons. The Balaban J connectivity index is 1.37. The molecular weight excluding hydrogens is 492 g/mol. The van der Waals surface area contributed by atoms with Crippen molar-refractivity contribution in [3.63, 3.8) is 0 Å². The molecular formula is C28H29BrN2O3. The summed E-state index contributed by atoms with van der Waals surface area (Å²) in [4.78, 5) is 14.9. The van der Waals surface area contributed by atoms with E-state index in [2.05, 4.69) is 38.3 Å². The Hall–Kier alpha value is -3.25. The van der Waals surface area contributed by atoms with Gasteiger partial charge in [-0.15, -0.1) is 0 Å². The molecule has 6 heteroatoms. The number of hydrogen-bond donors (Lipinski definition) is 1. The Morgan fingerprint density at radius 1 is 1.03 bits per heavy atom. The predicted octanol–water partition coefficient (Wildman–Crippen LogP) is 6.68. The van der Waals surface area contributed by atoms with Gasteiger partial charge in [-0.1, -0.05) is 30.3 Å². The molecule has 1 aliphatic heterocycles. The minimum Gasteiger partial charge on any atom is -0.493 e. The summed E-state index contributed by atoms with van der Waals surface area (Å²) in [6, 6.07) is 21.8. The number of halogens is 1. The van der Waals surface area contributed by atoms with Crippen LogP contribution in [0.25, 0.3) is 6.08 Å². The van der Waals surface area contributed by atoms with Gasteiger partial charge >= 0.3 is 0 Å². The van der Waals surface area contributed by atoms with Crippen molar-refractivity contribution < 1.29 is 14.3 Å². The van der Waals surface area contributed by atoms with E-state index in [-0.39, 0.29) is 5.91 Å². The molecule has 0 bridgehead atoms. The van der Waals surface area contributed by atoms with Crippen LogP contribution in [-0.4, -0.2) is 26.1 Å². The number of ether oxygens (including phenoxy) is 2. The second-order valence-corrected chi connectivity index (χ2v) is 9.08. The Bertz CT molecular complexity index is 1120. The van der Waals surface area contributed by atoms with Gasteiger partial charge in [0.15, 0.2) is 11.5 Å². The van der Waals surface area contributed by atoms with Crippen molar-refractivity contribution >= 4 is 39.3 Å². The van der Waals surface area contributed by atoms with Gasteiger partial charge in [0.1, 0.15) is 6.61 Å². The summed E-state index contributed by atoms with van der Waals surface area (Å²) < 4.78 is 12.3. The molecule has 0 unspecified atom stereocenters. The summed E-state index contributed by atoms with van der Waals surface area (Å²) in [6.07, 6.45) is 7.06. The summed E-state index contributed by atoms with van der Waals surface area (Å²) in [6.45, 7) is 2.64. The van der Waals surface area contributed by atoms with Crippen molar-refractivity contribution in [1.82, 2.24) is 0 Å². The molecule has 1 fully saturated rings. The number of carbonyl (C=O) groups excluding carboxylic acids is 1. The number of hydrogen-bond acceptors (Lipinski definition) is 4. The molecule has 1 heterocycles. The second-order valence-electron chi connectivity index (χ2n) is 8.23. The van der Waals surface area contributed by atoms with Gasteiger partial charge in [0, 0.05) is 30.5 Å². The topological polar surface area (TPSA) is 50.8 Å². The van der Waals surface area contributed by atoms with Gasteiger partial charge in [0.2, 0.25) is 5.91 Å². The van der Waals surface area contributed by atoms with E-state index < -0.39 is 0 Å². The van der Waals surface area contributed by atoms with Crippen LogP contribution in [0.15, 0.2) is 77.3 Å². The Morgan fingerprint density at radius 2 is 1.76 bits per heavy atom. The molecule has 0 aromatic heterocycles. The average molecular weight is 521 g/mol. The fraction of sp³-hybridized carbons (Fsp3) is 0.250. The Morgan fingerprint density at radius 3 is 2.47 bits per heavy atom. The monoisotopic (exact) mass is 520 g/mol. The smallest absolute Gasteiger partial charge is 0.248 e. The fourth-order valence-electron chi connectivity index (χ4n) is 3.97. The van der Waals surface area contributed by atoms with Crippen LogP contribution in [0.2, 0.25) is 0 Å². The highest BCUT2D eigenvalue weighted by Gasteiger charge is 2.12. The molecule has 0 atom stereocenters. The van der Waals surface area contributed by atoms with Crippen LogP contribution in [0.5, 0.6) is 11.5 Å². The number of carbonyl (C=O) groups is 1. The molecule has 1 amide bonds. The van der Waals surface area contributed by atoms with Gasteiger partial charge in [0.05, 0.1) is 11.6 Å². The van der Waals surface area contributed by atoms with E-state index in [9.17, 15) is 4.79 Å². The summed E-state index contributed by atoms with van der Waals surface area (Å²) >= 11 is 3.57. The number of benzene rings is 3. The lowest BCUT2D eigenvalue weighted by molar-refractivity contribution is -0.111. The van der Waals surface area contributed by atoms with Gasteiger partial charge in [0.25, 0.3) is 0 Å². The highest BCUT2D eigenvalue weighted by Crippen LogP contribution is 2.37. The minimum atomic E-state index is -0.190. The molecule has 1 saturated heterocycles. The standard InChI is InChI=1S/C28H29BrN2O3/c1-33-26-19-22(18-25(29)28(26)34-20-21-8-4-2-5-9-21)10-15-27(32)30-23-11-13-24(14-12-23)31-16-6-3-7-17-31/h2,4-5,8-15,18-19H,3,6-7,16-17,20H2,1H3,(H,30,32). The maximum absolute atomic E-state index is 12.5. The van der Waals surface area contributed by atoms with E-state index in [0.717, 1.165) is 34.4 Å². The van der Waals surface area contributed by atoms with Crippen molar-refractivity contribution in [3.05, 3.63) is 88.4 Å². The Kier molecular flexibility index (Phi) is 8.26. The molecule has 0 spiro atoms. The number of nitrogens with zero attached hydrogens (tertiary/aromatic N) is 1. The average Bonchev–Trinajstić information content (AvgIpc) is 2.88. The Labute approximate surface area is 209 Å². The molecule has 5 nitrogen and oxygen atoms in total. The fourth-order valence-corrected chi connectivity index (χ4v) is 4.54. The SMILES string of the molecule is COc1cc(C=CC(=O)Nc2ccc(N3CCCCC3)cc2)cc(Br)c1OCc1ccccc1. The number of nitrogens with one attached hydrogen (secondary N) is 1. The van der Waals surface area contributed by atoms with Crippen molar-refractivity contribution in [1.29, 1.82) is 0 Å². The maximum Gasteiger partial charge on any atom is 0.248 e. The largest absolute Gasteiger partial charge is 0.493 e. The van der Waals surface area contributed by atoms with Crippen LogP contribution in [0.4, 0.5) is 11.4 Å². The third-order valence-electron chi connectivity index (χ3n) is 5.76. The number of methoxy groups -OCH3 is 1. The van der Waals surface area contributed by atoms with E-state index in [0.29, 0.717) is 18.1 Å². The first-order valence-corrected chi connectivity index (χ1v) is 12.3. The van der Waals surface area contributed by atoms with Crippen LogP contribution in [0, 0.1) is 0 Å². The predicted molar refractivity (Wildman–Crippen MR) is 142 cm³/mol. The van der Waals surface area contributed by atoms with E-state index in [1.807, 2.05) is 54.6 Å². The van der Waals surface area contributed by atoms with Crippen LogP contribution in [0.1, 0.15) is 30.4 Å². The van der Waals surface area contributed by atoms with E-state index >= 15 is 0 Å². The number of rotatable bonds is 8. The minimum absolute atomic E-state index is 0.190. The molecule has 4 rings (SSSR count). The number of anilines is 2. The maximum atomic E-state index is 12.5. The normalized spacial score (nSPS) is 13.6. The highest BCUT2D eigenvalue weighted by molar-refractivity contribution is 9.10. The molecule has 3 aromatic rings. The van der Waals surface area contributed by atoms with Crippen molar-refractivity contribution in [2.45, 2.75) is 25.9 Å². The number of piperidine rings is 1. The summed E-state index contributed by atoms with van der Waals surface area (Å²) in [7, 11) is 1.60. The molecule has 0 saturated carbocycles. The highest BCUT2D eigenvalue weighted by atomic mass is 79.9. The lowest BCUT2D eigenvalue weighted by Gasteiger charge is -2.28. The third kappa shape index (κ3) is 6.41. The van der Waals surface area contributed by atoms with E-state index in [1.54, 1.807) is 13.2 Å². The molecule has 1 aliphatic rings. The first-order chi connectivity index (χ1) is 16.6. The van der Waals surface area contributed by atoms with Crippen LogP contribution < -0.4 is 19.7 Å². The second kappa shape index (κ2) is 11.7. The zero-order valence-corrected chi connectivity index (χ0v) is 20.9. The van der Waals surface area contributed by atoms with Crippen LogP contribution in [-0.2, 0) is 11.4 Å². The molecule has 176 valence electrons. The first-order valence-electron chi connectivity index (χ1n) is 11.5. The summed E-state index contributed by atoms with van der Waals surface area (Å²) in [5, 5.41) is 2.92. The quantitative estimate of drug-likeness (QED) is 0.336. The molecule has 34 heavy (non-hydrogen) atoms. The van der Waals surface area contributed by atoms with Gasteiger partial charge in [-0.05, 0) is 88.8 Å². The number of amides is 1. The van der Waals surface area contributed by atoms with E-state index in [4.69, 9.17) is 9.47 Å². The lowest BCUT2D eigenvalue weighted by atomic mass is 10.1. The van der Waals surface area contributed by atoms with Crippen molar-refractivity contribution in [3.8, 4) is 11.5 Å². The third-order valence-corrected chi connectivity index (χ3v) is 6.35. The lowest BCUT2D eigenvalue weighted by Crippen LogP contribution is -2.29.